The first-order valence-electron chi connectivity index (χ1n) is 4.89. The van der Waals surface area contributed by atoms with E-state index in [0.29, 0.717) is 5.65 Å². The lowest BCUT2D eigenvalue weighted by atomic mass is 10.3. The second-order valence-electron chi connectivity index (χ2n) is 3.38. The number of benzene rings is 1. The van der Waals surface area contributed by atoms with Crippen LogP contribution < -0.4 is 5.69 Å². The van der Waals surface area contributed by atoms with Gasteiger partial charge in [-0.2, -0.15) is 4.68 Å². The molecule has 0 saturated carbocycles. The molecule has 0 spiro atoms. The first-order valence-corrected chi connectivity index (χ1v) is 4.89. The lowest BCUT2D eigenvalue weighted by Gasteiger charge is -1.95. The molecule has 0 fully saturated rings. The van der Waals surface area contributed by atoms with E-state index in [4.69, 9.17) is 0 Å². The number of hydrogen-bond donors (Lipinski definition) is 0. The van der Waals surface area contributed by atoms with Gasteiger partial charge in [-0.05, 0) is 30.3 Å². The minimum Gasteiger partial charge on any atom is -0.250 e. The molecule has 0 saturated heterocycles. The van der Waals surface area contributed by atoms with Gasteiger partial charge < -0.3 is 0 Å². The molecule has 0 aliphatic heterocycles. The quantitative estimate of drug-likeness (QED) is 0.607. The van der Waals surface area contributed by atoms with Gasteiger partial charge in [0.25, 0.3) is 0 Å². The van der Waals surface area contributed by atoms with Crippen LogP contribution in [0.5, 0.6) is 0 Å². The Bertz CT molecular complexity index is 682. The molecule has 0 unspecified atom stereocenters. The van der Waals surface area contributed by atoms with Crippen molar-refractivity contribution in [2.24, 2.45) is 0 Å². The van der Waals surface area contributed by atoms with Crippen LogP contribution in [-0.4, -0.2) is 14.2 Å². The second kappa shape index (κ2) is 3.34. The second-order valence-corrected chi connectivity index (χ2v) is 3.38. The van der Waals surface area contributed by atoms with E-state index < -0.39 is 0 Å². The molecule has 0 N–H and O–H groups in total. The maximum Gasteiger partial charge on any atom is 0.355 e. The Hall–Kier alpha value is -2.36. The molecular weight excluding hydrogens is 202 g/mol. The zero-order chi connectivity index (χ0) is 11.0. The topological polar surface area (TPSA) is 39.3 Å². The molecule has 0 aliphatic rings. The summed E-state index contributed by atoms with van der Waals surface area (Å²) in [7, 11) is 0. The molecule has 4 nitrogen and oxygen atoms in total. The van der Waals surface area contributed by atoms with E-state index in [-0.39, 0.29) is 5.69 Å². The third-order valence-electron chi connectivity index (χ3n) is 2.37. The average Bonchev–Trinajstić information content (AvgIpc) is 2.69. The molecule has 1 radical (unpaired) electrons. The molecule has 3 aromatic rings. The van der Waals surface area contributed by atoms with Crippen molar-refractivity contribution in [1.29, 1.82) is 0 Å². The maximum absolute atomic E-state index is 12.0. The molecule has 3 rings (SSSR count). The molecular formula is C12H8N3O. The third kappa shape index (κ3) is 1.24. The third-order valence-corrected chi connectivity index (χ3v) is 2.37. The van der Waals surface area contributed by atoms with Crippen LogP contribution >= 0.6 is 0 Å². The molecule has 4 heteroatoms. The molecule has 0 aliphatic carbocycles. The van der Waals surface area contributed by atoms with Crippen LogP contribution in [0.3, 0.4) is 0 Å². The van der Waals surface area contributed by atoms with Crippen LogP contribution in [0, 0.1) is 6.07 Å². The Morgan fingerprint density at radius 1 is 1.12 bits per heavy atom. The van der Waals surface area contributed by atoms with Crippen molar-refractivity contribution in [2.45, 2.75) is 0 Å². The van der Waals surface area contributed by atoms with Gasteiger partial charge in [-0.3, -0.25) is 0 Å². The fourth-order valence-electron chi connectivity index (χ4n) is 1.61. The number of nitrogens with zero attached hydrogens (tertiary/aromatic N) is 3. The summed E-state index contributed by atoms with van der Waals surface area (Å²) < 4.78 is 2.89. The van der Waals surface area contributed by atoms with Gasteiger partial charge >= 0.3 is 5.69 Å². The van der Waals surface area contributed by atoms with Crippen molar-refractivity contribution >= 4 is 5.65 Å². The highest BCUT2D eigenvalue weighted by Gasteiger charge is 2.06. The lowest BCUT2D eigenvalue weighted by Crippen LogP contribution is -2.19. The van der Waals surface area contributed by atoms with Gasteiger partial charge in [0.2, 0.25) is 0 Å². The predicted molar refractivity (Wildman–Crippen MR) is 59.6 cm³/mol. The Morgan fingerprint density at radius 2 is 1.94 bits per heavy atom. The molecule has 1 aromatic carbocycles. The van der Waals surface area contributed by atoms with Crippen molar-refractivity contribution in [1.82, 2.24) is 14.2 Å². The summed E-state index contributed by atoms with van der Waals surface area (Å²) in [6.45, 7) is 0. The van der Waals surface area contributed by atoms with Crippen LogP contribution in [0.15, 0.2) is 53.5 Å². The summed E-state index contributed by atoms with van der Waals surface area (Å²) in [6, 6.07) is 15.5. The first kappa shape index (κ1) is 8.91. The van der Waals surface area contributed by atoms with Gasteiger partial charge in [0, 0.05) is 6.20 Å². The summed E-state index contributed by atoms with van der Waals surface area (Å²) in [5, 5.41) is 4.24. The summed E-state index contributed by atoms with van der Waals surface area (Å²) in [5.41, 5.74) is 1.22. The predicted octanol–water partition coefficient (Wildman–Crippen LogP) is 1.29. The summed E-state index contributed by atoms with van der Waals surface area (Å²) in [5.74, 6) is 0. The average molecular weight is 210 g/mol. The highest BCUT2D eigenvalue weighted by atomic mass is 16.2. The summed E-state index contributed by atoms with van der Waals surface area (Å²) in [6.07, 6.45) is 1.70. The lowest BCUT2D eigenvalue weighted by molar-refractivity contribution is 0.838. The minimum absolute atomic E-state index is 0.165. The van der Waals surface area contributed by atoms with Gasteiger partial charge in [-0.25, -0.2) is 9.20 Å². The van der Waals surface area contributed by atoms with Crippen molar-refractivity contribution < 1.29 is 0 Å². The van der Waals surface area contributed by atoms with Crippen molar-refractivity contribution in [2.75, 3.05) is 0 Å². The minimum atomic E-state index is -0.165. The number of rotatable bonds is 1. The molecule has 2 heterocycles. The number of aromatic nitrogens is 3. The highest BCUT2D eigenvalue weighted by molar-refractivity contribution is 5.39. The van der Waals surface area contributed by atoms with Crippen molar-refractivity contribution in [3.05, 3.63) is 65.2 Å². The number of fused-ring (bicyclic) bond motifs is 1. The maximum atomic E-state index is 12.0. The van der Waals surface area contributed by atoms with E-state index in [1.807, 2.05) is 6.07 Å². The van der Waals surface area contributed by atoms with Crippen molar-refractivity contribution in [3.8, 4) is 5.69 Å². The number of pyridine rings is 1. The molecule has 0 bridgehead atoms. The Kier molecular flexibility index (Phi) is 1.86. The highest BCUT2D eigenvalue weighted by Crippen LogP contribution is 2.03. The zero-order valence-corrected chi connectivity index (χ0v) is 8.37. The molecule has 2 aromatic heterocycles. The molecule has 0 amide bonds. The molecule has 77 valence electrons. The smallest absolute Gasteiger partial charge is 0.250 e. The molecule has 16 heavy (non-hydrogen) atoms. The monoisotopic (exact) mass is 210 g/mol. The largest absolute Gasteiger partial charge is 0.355 e. The normalized spacial score (nSPS) is 10.8. The van der Waals surface area contributed by atoms with Gasteiger partial charge in [0.15, 0.2) is 5.65 Å². The summed E-state index contributed by atoms with van der Waals surface area (Å²) >= 11 is 0. The van der Waals surface area contributed by atoms with E-state index in [2.05, 4.69) is 11.2 Å². The van der Waals surface area contributed by atoms with E-state index in [9.17, 15) is 4.79 Å². The van der Waals surface area contributed by atoms with Crippen LogP contribution in [0.1, 0.15) is 0 Å². The summed E-state index contributed by atoms with van der Waals surface area (Å²) in [4.78, 5) is 12.0. The van der Waals surface area contributed by atoms with Crippen LogP contribution in [0.25, 0.3) is 11.3 Å². The van der Waals surface area contributed by atoms with E-state index in [1.54, 1.807) is 42.6 Å². The van der Waals surface area contributed by atoms with E-state index in [0.717, 1.165) is 5.69 Å². The van der Waals surface area contributed by atoms with Crippen LogP contribution in [0.2, 0.25) is 0 Å². The Labute approximate surface area is 91.4 Å². The van der Waals surface area contributed by atoms with Gasteiger partial charge in [-0.15, -0.1) is 5.10 Å². The van der Waals surface area contributed by atoms with Crippen LogP contribution in [-0.2, 0) is 0 Å². The van der Waals surface area contributed by atoms with Gasteiger partial charge in [0.1, 0.15) is 0 Å². The van der Waals surface area contributed by atoms with Gasteiger partial charge in [-0.1, -0.05) is 18.2 Å². The van der Waals surface area contributed by atoms with E-state index >= 15 is 0 Å². The Morgan fingerprint density at radius 3 is 2.69 bits per heavy atom. The fraction of sp³-hybridized carbons (Fsp3) is 0. The fourth-order valence-corrected chi connectivity index (χ4v) is 1.61. The first-order chi connectivity index (χ1) is 7.86. The standard InChI is InChI=1S/C12H8N3O/c16-12-14-9-5-4-8-11(14)13-15(12)10-6-2-1-3-7-10/h2-9H. The van der Waals surface area contributed by atoms with E-state index in [1.165, 1.54) is 9.08 Å². The molecule has 0 atom stereocenters. The SMILES string of the molecule is O=c1n(-c2cc[c]cc2)nc2ccccn12. The zero-order valence-electron chi connectivity index (χ0n) is 8.37. The Balaban J connectivity index is 2.34. The van der Waals surface area contributed by atoms with Crippen LogP contribution in [0.4, 0.5) is 0 Å². The van der Waals surface area contributed by atoms with Gasteiger partial charge in [0.05, 0.1) is 5.69 Å². The van der Waals surface area contributed by atoms with Crippen molar-refractivity contribution in [3.63, 3.8) is 0 Å². The number of hydrogen-bond acceptors (Lipinski definition) is 2.